The largest absolute Gasteiger partial charge is 0.447 e. The highest BCUT2D eigenvalue weighted by atomic mass is 32.1. The fraction of sp³-hybridized carbons (Fsp3) is 0.368. The van der Waals surface area contributed by atoms with Crippen LogP contribution in [-0.2, 0) is 9.53 Å². The number of hydrogen-bond donors (Lipinski definition) is 2. The van der Waals surface area contributed by atoms with Crippen molar-refractivity contribution in [2.75, 3.05) is 0 Å². The molecule has 0 aliphatic heterocycles. The normalized spacial score (nSPS) is 12.1. The van der Waals surface area contributed by atoms with Gasteiger partial charge in [-0.05, 0) is 17.4 Å². The molecule has 7 nitrogen and oxygen atoms in total. The summed E-state index contributed by atoms with van der Waals surface area (Å²) in [7, 11) is 0. The second-order valence-corrected chi connectivity index (χ2v) is 7.60. The molecule has 2 aromatic rings. The zero-order valence-electron chi connectivity index (χ0n) is 15.7. The number of carbonyl (C=O) groups excluding carboxylic acids is 3. The molecule has 1 atom stereocenters. The SMILES string of the molecule is CC(C)c1ccc(-c2nc(C(=O)O[C@H](C(=O)NC(N)=O)C(C)C)cs2)cc1. The maximum Gasteiger partial charge on any atom is 0.358 e. The number of esters is 1. The second kappa shape index (κ2) is 8.77. The van der Waals surface area contributed by atoms with Crippen LogP contribution < -0.4 is 11.1 Å². The van der Waals surface area contributed by atoms with Crippen LogP contribution in [0.15, 0.2) is 29.6 Å². The van der Waals surface area contributed by atoms with Gasteiger partial charge in [0.25, 0.3) is 5.91 Å². The van der Waals surface area contributed by atoms with Crippen LogP contribution in [-0.4, -0.2) is 29.0 Å². The number of amides is 3. The zero-order chi connectivity index (χ0) is 20.1. The van der Waals surface area contributed by atoms with Crippen molar-refractivity contribution in [2.45, 2.75) is 39.7 Å². The van der Waals surface area contributed by atoms with E-state index in [9.17, 15) is 14.4 Å². The summed E-state index contributed by atoms with van der Waals surface area (Å²) in [6.45, 7) is 7.63. The molecule has 8 heteroatoms. The Morgan fingerprint density at radius 1 is 1.11 bits per heavy atom. The van der Waals surface area contributed by atoms with E-state index in [0.29, 0.717) is 10.9 Å². The Kier molecular flexibility index (Phi) is 6.68. The van der Waals surface area contributed by atoms with Crippen molar-refractivity contribution in [3.05, 3.63) is 40.9 Å². The lowest BCUT2D eigenvalue weighted by molar-refractivity contribution is -0.130. The van der Waals surface area contributed by atoms with Crippen molar-refractivity contribution < 1.29 is 19.1 Å². The number of nitrogens with zero attached hydrogens (tertiary/aromatic N) is 1. The molecule has 0 unspecified atom stereocenters. The average Bonchev–Trinajstić information content (AvgIpc) is 3.08. The van der Waals surface area contributed by atoms with Gasteiger partial charge in [0.15, 0.2) is 11.8 Å². The molecule has 27 heavy (non-hydrogen) atoms. The van der Waals surface area contributed by atoms with Crippen LogP contribution in [0.1, 0.15) is 49.7 Å². The van der Waals surface area contributed by atoms with E-state index in [1.165, 1.54) is 16.9 Å². The summed E-state index contributed by atoms with van der Waals surface area (Å²) >= 11 is 1.31. The van der Waals surface area contributed by atoms with Crippen LogP contribution in [0.4, 0.5) is 4.79 Å². The molecule has 0 radical (unpaired) electrons. The van der Waals surface area contributed by atoms with Gasteiger partial charge in [0, 0.05) is 10.9 Å². The van der Waals surface area contributed by atoms with E-state index >= 15 is 0 Å². The molecule has 0 bridgehead atoms. The maximum absolute atomic E-state index is 12.4. The summed E-state index contributed by atoms with van der Waals surface area (Å²) in [6, 6.07) is 6.98. The van der Waals surface area contributed by atoms with Gasteiger partial charge in [-0.1, -0.05) is 52.0 Å². The molecule has 3 N–H and O–H groups in total. The van der Waals surface area contributed by atoms with Crippen LogP contribution in [0, 0.1) is 5.92 Å². The lowest BCUT2D eigenvalue weighted by Crippen LogP contribution is -2.45. The fourth-order valence-electron chi connectivity index (χ4n) is 2.37. The highest BCUT2D eigenvalue weighted by Crippen LogP contribution is 2.26. The predicted octanol–water partition coefficient (Wildman–Crippen LogP) is 3.31. The van der Waals surface area contributed by atoms with Gasteiger partial charge in [0.1, 0.15) is 5.01 Å². The zero-order valence-corrected chi connectivity index (χ0v) is 16.5. The molecule has 1 heterocycles. The quantitative estimate of drug-likeness (QED) is 0.736. The van der Waals surface area contributed by atoms with Crippen LogP contribution in [0.5, 0.6) is 0 Å². The van der Waals surface area contributed by atoms with Crippen molar-refractivity contribution in [2.24, 2.45) is 11.7 Å². The predicted molar refractivity (Wildman–Crippen MR) is 103 cm³/mol. The topological polar surface area (TPSA) is 111 Å². The van der Waals surface area contributed by atoms with Crippen molar-refractivity contribution in [1.82, 2.24) is 10.3 Å². The third-order valence-electron chi connectivity index (χ3n) is 3.88. The van der Waals surface area contributed by atoms with Gasteiger partial charge in [-0.3, -0.25) is 10.1 Å². The molecule has 1 aromatic heterocycles. The summed E-state index contributed by atoms with van der Waals surface area (Å²) in [5.74, 6) is -1.39. The summed E-state index contributed by atoms with van der Waals surface area (Å²) in [5, 5.41) is 4.19. The number of imide groups is 1. The van der Waals surface area contributed by atoms with Crippen LogP contribution in [0.2, 0.25) is 0 Å². The minimum Gasteiger partial charge on any atom is -0.447 e. The highest BCUT2D eigenvalue weighted by Gasteiger charge is 2.28. The Hall–Kier alpha value is -2.74. The standard InChI is InChI=1S/C19H23N3O4S/c1-10(2)12-5-7-13(8-6-12)17-21-14(9-27-17)18(24)26-15(11(3)4)16(23)22-19(20)25/h5-11,15H,1-4H3,(H3,20,22,23,25)/t15-/m0/s1. The number of ether oxygens (including phenoxy) is 1. The minimum atomic E-state index is -1.14. The molecular weight excluding hydrogens is 366 g/mol. The number of benzene rings is 1. The van der Waals surface area contributed by atoms with Gasteiger partial charge in [0.2, 0.25) is 0 Å². The van der Waals surface area contributed by atoms with E-state index in [2.05, 4.69) is 18.8 Å². The lowest BCUT2D eigenvalue weighted by atomic mass is 10.0. The monoisotopic (exact) mass is 389 g/mol. The van der Waals surface area contributed by atoms with Gasteiger partial charge in [-0.15, -0.1) is 11.3 Å². The number of carbonyl (C=O) groups is 3. The summed E-state index contributed by atoms with van der Waals surface area (Å²) in [5.41, 5.74) is 7.18. The van der Waals surface area contributed by atoms with Crippen molar-refractivity contribution >= 4 is 29.2 Å². The summed E-state index contributed by atoms with van der Waals surface area (Å²) in [4.78, 5) is 39.5. The minimum absolute atomic E-state index is 0.112. The van der Waals surface area contributed by atoms with E-state index in [1.807, 2.05) is 29.6 Å². The number of nitrogens with two attached hydrogens (primary N) is 1. The average molecular weight is 389 g/mol. The first kappa shape index (κ1) is 20.6. The Morgan fingerprint density at radius 2 is 1.74 bits per heavy atom. The molecule has 0 saturated carbocycles. The molecule has 0 aliphatic rings. The van der Waals surface area contributed by atoms with Crippen molar-refractivity contribution in [1.29, 1.82) is 0 Å². The third kappa shape index (κ3) is 5.37. The smallest absolute Gasteiger partial charge is 0.358 e. The molecule has 0 saturated heterocycles. The molecule has 0 aliphatic carbocycles. The van der Waals surface area contributed by atoms with Crippen LogP contribution in [0.3, 0.4) is 0 Å². The second-order valence-electron chi connectivity index (χ2n) is 6.74. The van der Waals surface area contributed by atoms with Gasteiger partial charge >= 0.3 is 12.0 Å². The van der Waals surface area contributed by atoms with Crippen LogP contribution >= 0.6 is 11.3 Å². The Morgan fingerprint density at radius 3 is 2.26 bits per heavy atom. The number of nitrogens with one attached hydrogen (secondary N) is 1. The Labute approximate surface area is 161 Å². The van der Waals surface area contributed by atoms with Gasteiger partial charge in [-0.25, -0.2) is 14.6 Å². The van der Waals surface area contributed by atoms with Crippen molar-refractivity contribution in [3.63, 3.8) is 0 Å². The lowest BCUT2D eigenvalue weighted by Gasteiger charge is -2.19. The Balaban J connectivity index is 2.13. The first-order valence-electron chi connectivity index (χ1n) is 8.56. The van der Waals surface area contributed by atoms with E-state index in [-0.39, 0.29) is 11.6 Å². The summed E-state index contributed by atoms with van der Waals surface area (Å²) < 4.78 is 5.25. The van der Waals surface area contributed by atoms with E-state index in [1.54, 1.807) is 19.2 Å². The number of thiazole rings is 1. The van der Waals surface area contributed by atoms with E-state index in [4.69, 9.17) is 10.5 Å². The first-order chi connectivity index (χ1) is 12.7. The number of aromatic nitrogens is 1. The Bertz CT molecular complexity index is 828. The van der Waals surface area contributed by atoms with E-state index in [0.717, 1.165) is 5.56 Å². The van der Waals surface area contributed by atoms with E-state index < -0.39 is 24.0 Å². The molecule has 2 rings (SSSR count). The number of primary amides is 1. The number of rotatable bonds is 6. The molecule has 144 valence electrons. The third-order valence-corrected chi connectivity index (χ3v) is 4.77. The molecule has 1 aromatic carbocycles. The van der Waals surface area contributed by atoms with Gasteiger partial charge in [-0.2, -0.15) is 0 Å². The summed E-state index contributed by atoms with van der Waals surface area (Å²) in [6.07, 6.45) is -1.14. The van der Waals surface area contributed by atoms with Crippen LogP contribution in [0.25, 0.3) is 10.6 Å². The van der Waals surface area contributed by atoms with Gasteiger partial charge in [0.05, 0.1) is 0 Å². The first-order valence-corrected chi connectivity index (χ1v) is 9.44. The number of hydrogen-bond acceptors (Lipinski definition) is 6. The number of urea groups is 1. The molecular formula is C19H23N3O4S. The molecule has 0 fully saturated rings. The van der Waals surface area contributed by atoms with Gasteiger partial charge < -0.3 is 10.5 Å². The van der Waals surface area contributed by atoms with Crippen molar-refractivity contribution in [3.8, 4) is 10.6 Å². The maximum atomic E-state index is 12.4. The molecule has 3 amide bonds. The fourth-order valence-corrected chi connectivity index (χ4v) is 3.17. The highest BCUT2D eigenvalue weighted by molar-refractivity contribution is 7.13. The molecule has 0 spiro atoms.